The molecule has 1 heterocycles. The average molecular weight is 320 g/mol. The quantitative estimate of drug-likeness (QED) is 0.915. The number of anilines is 1. The van der Waals surface area contributed by atoms with Crippen molar-refractivity contribution in [1.29, 1.82) is 0 Å². The van der Waals surface area contributed by atoms with Crippen LogP contribution in [-0.2, 0) is 4.79 Å². The zero-order chi connectivity index (χ0) is 16.6. The Labute approximate surface area is 132 Å². The van der Waals surface area contributed by atoms with Crippen molar-refractivity contribution in [2.45, 2.75) is 39.0 Å². The average Bonchev–Trinajstić information content (AvgIpc) is 3.06. The second-order valence-corrected chi connectivity index (χ2v) is 6.02. The highest BCUT2D eigenvalue weighted by Crippen LogP contribution is 2.41. The topological polar surface area (TPSA) is 55.1 Å². The molecule has 1 saturated carbocycles. The lowest BCUT2D eigenvalue weighted by atomic mass is 10.0. The van der Waals surface area contributed by atoms with E-state index in [0.29, 0.717) is 18.0 Å². The van der Waals surface area contributed by atoms with E-state index >= 15 is 0 Å². The Morgan fingerprint density at radius 3 is 2.78 bits per heavy atom. The summed E-state index contributed by atoms with van der Waals surface area (Å²) in [5.74, 6) is -4.36. The molecule has 3 rings (SSSR count). The van der Waals surface area contributed by atoms with Gasteiger partial charge in [-0.25, -0.2) is 13.8 Å². The summed E-state index contributed by atoms with van der Waals surface area (Å²) in [6, 6.07) is 5.20. The summed E-state index contributed by atoms with van der Waals surface area (Å²) in [7, 11) is 0. The van der Waals surface area contributed by atoms with E-state index in [0.717, 1.165) is 16.8 Å². The Kier molecular flexibility index (Phi) is 3.92. The van der Waals surface area contributed by atoms with Gasteiger partial charge in [0.05, 0.1) is 5.69 Å². The third-order valence-corrected chi connectivity index (χ3v) is 4.18. The summed E-state index contributed by atoms with van der Waals surface area (Å²) in [5.41, 5.74) is 2.87. The molecule has 1 fully saturated rings. The summed E-state index contributed by atoms with van der Waals surface area (Å²) in [5, 5.41) is 2.60. The molecule has 0 aliphatic heterocycles. The summed E-state index contributed by atoms with van der Waals surface area (Å²) in [6.45, 7) is 3.71. The van der Waals surface area contributed by atoms with Crippen molar-refractivity contribution in [3.8, 4) is 11.5 Å². The fourth-order valence-electron chi connectivity index (χ4n) is 2.89. The van der Waals surface area contributed by atoms with Crippen LogP contribution in [0.1, 0.15) is 30.5 Å². The molecule has 0 spiro atoms. The summed E-state index contributed by atoms with van der Waals surface area (Å²) in [4.78, 5) is 16.4. The predicted octanol–water partition coefficient (Wildman–Crippen LogP) is 4.33. The molecule has 23 heavy (non-hydrogen) atoms. The molecule has 0 bridgehead atoms. The normalized spacial score (nSPS) is 19.7. The van der Waals surface area contributed by atoms with Gasteiger partial charge in [-0.1, -0.05) is 6.07 Å². The van der Waals surface area contributed by atoms with E-state index in [-0.39, 0.29) is 12.8 Å². The molecule has 122 valence electrons. The molecule has 1 amide bonds. The Morgan fingerprint density at radius 2 is 2.17 bits per heavy atom. The van der Waals surface area contributed by atoms with Gasteiger partial charge in [0.15, 0.2) is 0 Å². The van der Waals surface area contributed by atoms with Crippen molar-refractivity contribution in [2.24, 2.45) is 5.92 Å². The molecule has 1 aromatic carbocycles. The summed E-state index contributed by atoms with van der Waals surface area (Å²) < 4.78 is 32.8. The lowest BCUT2D eigenvalue weighted by Gasteiger charge is -2.18. The number of oxazole rings is 1. The standard InChI is InChI=1S/C17H18F2N2O2/c1-10-5-6-12(8-13(10)16-20-11(2)9-23-16)21-15(22)14-4-3-7-17(14,18)19/h5-6,8-9,14H,3-4,7H2,1-2H3,(H,21,22)/t14-/m1/s1. The summed E-state index contributed by atoms with van der Waals surface area (Å²) in [6.07, 6.45) is 1.91. The fraction of sp³-hybridized carbons (Fsp3) is 0.412. The number of benzene rings is 1. The molecule has 0 radical (unpaired) electrons. The van der Waals surface area contributed by atoms with Crippen molar-refractivity contribution in [3.63, 3.8) is 0 Å². The largest absolute Gasteiger partial charge is 0.444 e. The first-order valence-corrected chi connectivity index (χ1v) is 7.58. The van der Waals surface area contributed by atoms with Crippen LogP contribution < -0.4 is 5.32 Å². The Morgan fingerprint density at radius 1 is 1.39 bits per heavy atom. The van der Waals surface area contributed by atoms with Gasteiger partial charge in [-0.3, -0.25) is 4.79 Å². The highest BCUT2D eigenvalue weighted by atomic mass is 19.3. The van der Waals surface area contributed by atoms with Gasteiger partial charge in [0.1, 0.15) is 12.2 Å². The zero-order valence-corrected chi connectivity index (χ0v) is 13.0. The minimum atomic E-state index is -2.92. The van der Waals surface area contributed by atoms with E-state index in [1.807, 2.05) is 13.8 Å². The number of hydrogen-bond acceptors (Lipinski definition) is 3. The van der Waals surface area contributed by atoms with E-state index < -0.39 is 17.7 Å². The lowest BCUT2D eigenvalue weighted by Crippen LogP contribution is -2.33. The van der Waals surface area contributed by atoms with Crippen LogP contribution in [-0.4, -0.2) is 16.8 Å². The molecule has 1 aromatic heterocycles. The Hall–Kier alpha value is -2.24. The van der Waals surface area contributed by atoms with Crippen molar-refractivity contribution < 1.29 is 18.0 Å². The molecule has 1 atom stereocenters. The first-order chi connectivity index (χ1) is 10.9. The smallest absolute Gasteiger partial charge is 0.259 e. The number of halogens is 2. The number of nitrogens with one attached hydrogen (secondary N) is 1. The Bertz CT molecular complexity index is 740. The van der Waals surface area contributed by atoms with Crippen molar-refractivity contribution in [2.75, 3.05) is 5.32 Å². The minimum Gasteiger partial charge on any atom is -0.444 e. The second-order valence-electron chi connectivity index (χ2n) is 6.02. The number of carbonyl (C=O) groups is 1. The van der Waals surface area contributed by atoms with E-state index in [4.69, 9.17) is 4.42 Å². The van der Waals surface area contributed by atoms with Crippen LogP contribution in [0.2, 0.25) is 0 Å². The number of rotatable bonds is 3. The summed E-state index contributed by atoms with van der Waals surface area (Å²) >= 11 is 0. The molecule has 6 heteroatoms. The van der Waals surface area contributed by atoms with Gasteiger partial charge >= 0.3 is 0 Å². The van der Waals surface area contributed by atoms with Crippen LogP contribution in [0.4, 0.5) is 14.5 Å². The predicted molar refractivity (Wildman–Crippen MR) is 82.3 cm³/mol. The first kappa shape index (κ1) is 15.6. The first-order valence-electron chi connectivity index (χ1n) is 7.58. The molecule has 4 nitrogen and oxygen atoms in total. The molecular formula is C17H18F2N2O2. The van der Waals surface area contributed by atoms with Gasteiger partial charge in [-0.2, -0.15) is 0 Å². The maximum atomic E-state index is 13.7. The van der Waals surface area contributed by atoms with Gasteiger partial charge in [-0.05, 0) is 44.4 Å². The lowest BCUT2D eigenvalue weighted by molar-refractivity contribution is -0.130. The number of aromatic nitrogens is 1. The number of nitrogens with zero attached hydrogens (tertiary/aromatic N) is 1. The van der Waals surface area contributed by atoms with E-state index in [9.17, 15) is 13.6 Å². The second kappa shape index (κ2) is 5.76. The monoisotopic (exact) mass is 320 g/mol. The van der Waals surface area contributed by atoms with Crippen LogP contribution >= 0.6 is 0 Å². The zero-order valence-electron chi connectivity index (χ0n) is 13.0. The number of amides is 1. The molecule has 1 N–H and O–H groups in total. The van der Waals surface area contributed by atoms with Gasteiger partial charge in [0.25, 0.3) is 5.92 Å². The van der Waals surface area contributed by atoms with Crippen LogP contribution in [0.3, 0.4) is 0 Å². The van der Waals surface area contributed by atoms with Crippen LogP contribution in [0.25, 0.3) is 11.5 Å². The molecule has 1 aliphatic rings. The maximum Gasteiger partial charge on any atom is 0.259 e. The van der Waals surface area contributed by atoms with Crippen LogP contribution in [0, 0.1) is 19.8 Å². The Balaban J connectivity index is 1.83. The van der Waals surface area contributed by atoms with Crippen molar-refractivity contribution in [3.05, 3.63) is 35.7 Å². The van der Waals surface area contributed by atoms with Gasteiger partial charge in [-0.15, -0.1) is 0 Å². The third-order valence-electron chi connectivity index (χ3n) is 4.18. The third kappa shape index (κ3) is 3.11. The van der Waals surface area contributed by atoms with E-state index in [2.05, 4.69) is 10.3 Å². The minimum absolute atomic E-state index is 0.219. The van der Waals surface area contributed by atoms with Gasteiger partial charge in [0.2, 0.25) is 11.8 Å². The van der Waals surface area contributed by atoms with Gasteiger partial charge in [0, 0.05) is 17.7 Å². The van der Waals surface area contributed by atoms with Gasteiger partial charge < -0.3 is 9.73 Å². The number of carbonyl (C=O) groups excluding carboxylic acids is 1. The SMILES string of the molecule is Cc1coc(-c2cc(NC(=O)[C@H]3CCCC3(F)F)ccc2C)n1. The highest BCUT2D eigenvalue weighted by Gasteiger charge is 2.48. The van der Waals surface area contributed by atoms with E-state index in [1.54, 1.807) is 24.5 Å². The number of aryl methyl sites for hydroxylation is 2. The number of alkyl halides is 2. The maximum absolute atomic E-state index is 13.7. The van der Waals surface area contributed by atoms with Crippen molar-refractivity contribution in [1.82, 2.24) is 4.98 Å². The van der Waals surface area contributed by atoms with Crippen molar-refractivity contribution >= 4 is 11.6 Å². The molecule has 2 aromatic rings. The molecule has 0 unspecified atom stereocenters. The molecule has 0 saturated heterocycles. The highest BCUT2D eigenvalue weighted by molar-refractivity contribution is 5.94. The molecular weight excluding hydrogens is 302 g/mol. The molecule has 1 aliphatic carbocycles. The van der Waals surface area contributed by atoms with Crippen LogP contribution in [0.15, 0.2) is 28.9 Å². The van der Waals surface area contributed by atoms with Crippen LogP contribution in [0.5, 0.6) is 0 Å². The van der Waals surface area contributed by atoms with E-state index in [1.165, 1.54) is 0 Å². The number of hydrogen-bond donors (Lipinski definition) is 1. The fourth-order valence-corrected chi connectivity index (χ4v) is 2.89.